The van der Waals surface area contributed by atoms with Crippen LogP contribution in [0.2, 0.25) is 0 Å². The number of carbonyl (C=O) groups excluding carboxylic acids is 1. The highest BCUT2D eigenvalue weighted by molar-refractivity contribution is 6.17. The van der Waals surface area contributed by atoms with Crippen molar-refractivity contribution in [3.05, 3.63) is 0 Å². The molecule has 5 heteroatoms. The molecule has 1 unspecified atom stereocenters. The maximum absolute atomic E-state index is 11.8. The van der Waals surface area contributed by atoms with Gasteiger partial charge in [0.1, 0.15) is 0 Å². The number of amides is 1. The van der Waals surface area contributed by atoms with Crippen molar-refractivity contribution >= 4 is 17.5 Å². The number of halogens is 1. The maximum atomic E-state index is 11.8. The average molecular weight is 304 g/mol. The molecule has 1 fully saturated rings. The van der Waals surface area contributed by atoms with Crippen molar-refractivity contribution in [2.24, 2.45) is 5.92 Å². The van der Waals surface area contributed by atoms with Crippen LogP contribution in [0.25, 0.3) is 0 Å². The molecule has 118 valence electrons. The molecule has 1 rings (SSSR count). The number of likely N-dealkylation sites (N-methyl/N-ethyl adjacent to an activating group) is 1. The standard InChI is InChI=1S/C15H30ClN3O/c1-13(2)14(19-10-8-18(3)9-11-19)12-17-15(20)6-4-5-7-16/h13-14H,4-12H2,1-3H3,(H,17,20). The van der Waals surface area contributed by atoms with Gasteiger partial charge in [0.15, 0.2) is 0 Å². The maximum Gasteiger partial charge on any atom is 0.220 e. The monoisotopic (exact) mass is 303 g/mol. The minimum Gasteiger partial charge on any atom is -0.355 e. The molecule has 0 aromatic rings. The van der Waals surface area contributed by atoms with E-state index in [1.165, 1.54) is 0 Å². The number of alkyl halides is 1. The van der Waals surface area contributed by atoms with Crippen molar-refractivity contribution in [1.82, 2.24) is 15.1 Å². The van der Waals surface area contributed by atoms with Gasteiger partial charge < -0.3 is 10.2 Å². The van der Waals surface area contributed by atoms with E-state index in [9.17, 15) is 4.79 Å². The molecule has 0 aromatic heterocycles. The smallest absolute Gasteiger partial charge is 0.220 e. The van der Waals surface area contributed by atoms with E-state index in [2.05, 4.69) is 36.0 Å². The number of carbonyl (C=O) groups is 1. The Kier molecular flexibility index (Phi) is 8.50. The van der Waals surface area contributed by atoms with Gasteiger partial charge in [-0.15, -0.1) is 11.6 Å². The first-order valence-corrected chi connectivity index (χ1v) is 8.33. The molecule has 0 radical (unpaired) electrons. The summed E-state index contributed by atoms with van der Waals surface area (Å²) in [6.07, 6.45) is 2.40. The van der Waals surface area contributed by atoms with E-state index >= 15 is 0 Å². The van der Waals surface area contributed by atoms with Crippen LogP contribution >= 0.6 is 11.6 Å². The van der Waals surface area contributed by atoms with Crippen molar-refractivity contribution in [1.29, 1.82) is 0 Å². The molecule has 4 nitrogen and oxygen atoms in total. The summed E-state index contributed by atoms with van der Waals surface area (Å²) >= 11 is 5.63. The minimum absolute atomic E-state index is 0.162. The van der Waals surface area contributed by atoms with Gasteiger partial charge >= 0.3 is 0 Å². The molecule has 20 heavy (non-hydrogen) atoms. The van der Waals surface area contributed by atoms with Gasteiger partial charge in [0.25, 0.3) is 0 Å². The van der Waals surface area contributed by atoms with E-state index in [-0.39, 0.29) is 5.91 Å². The zero-order valence-electron chi connectivity index (χ0n) is 13.2. The van der Waals surface area contributed by atoms with E-state index < -0.39 is 0 Å². The van der Waals surface area contributed by atoms with Crippen molar-refractivity contribution in [3.8, 4) is 0 Å². The zero-order chi connectivity index (χ0) is 15.0. The molecule has 0 spiro atoms. The Labute approximate surface area is 128 Å². The van der Waals surface area contributed by atoms with Crippen LogP contribution in [0, 0.1) is 5.92 Å². The number of hydrogen-bond acceptors (Lipinski definition) is 3. The number of nitrogens with zero attached hydrogens (tertiary/aromatic N) is 2. The van der Waals surface area contributed by atoms with Crippen LogP contribution in [0.4, 0.5) is 0 Å². The van der Waals surface area contributed by atoms with E-state index in [4.69, 9.17) is 11.6 Å². The molecule has 1 atom stereocenters. The first-order valence-electron chi connectivity index (χ1n) is 7.80. The predicted octanol–water partition coefficient (Wildman–Crippen LogP) is 1.78. The van der Waals surface area contributed by atoms with E-state index in [0.29, 0.717) is 24.3 Å². The van der Waals surface area contributed by atoms with Crippen molar-refractivity contribution < 1.29 is 4.79 Å². The van der Waals surface area contributed by atoms with E-state index in [1.54, 1.807) is 0 Å². The Balaban J connectivity index is 2.33. The Bertz CT molecular complexity index is 278. The van der Waals surface area contributed by atoms with Crippen LogP contribution in [0.3, 0.4) is 0 Å². The van der Waals surface area contributed by atoms with Gasteiger partial charge in [-0.05, 0) is 25.8 Å². The lowest BCUT2D eigenvalue weighted by atomic mass is 10.0. The third kappa shape index (κ3) is 6.42. The summed E-state index contributed by atoms with van der Waals surface area (Å²) in [5.41, 5.74) is 0. The van der Waals surface area contributed by atoms with Crippen LogP contribution in [0.15, 0.2) is 0 Å². The normalized spacial score (nSPS) is 19.2. The Morgan fingerprint density at radius 1 is 1.20 bits per heavy atom. The van der Waals surface area contributed by atoms with Gasteiger partial charge in [-0.2, -0.15) is 0 Å². The summed E-state index contributed by atoms with van der Waals surface area (Å²) < 4.78 is 0. The van der Waals surface area contributed by atoms with E-state index in [1.807, 2.05) is 0 Å². The molecule has 0 aliphatic carbocycles. The Morgan fingerprint density at radius 2 is 1.85 bits per heavy atom. The molecule has 1 aliphatic rings. The molecule has 1 saturated heterocycles. The van der Waals surface area contributed by atoms with Crippen LogP contribution < -0.4 is 5.32 Å². The largest absolute Gasteiger partial charge is 0.355 e. The molecule has 0 saturated carbocycles. The summed E-state index contributed by atoms with van der Waals surface area (Å²) in [5.74, 6) is 1.36. The highest BCUT2D eigenvalue weighted by atomic mass is 35.5. The fraction of sp³-hybridized carbons (Fsp3) is 0.933. The first-order chi connectivity index (χ1) is 9.54. The summed E-state index contributed by atoms with van der Waals surface area (Å²) in [4.78, 5) is 16.7. The lowest BCUT2D eigenvalue weighted by Gasteiger charge is -2.39. The lowest BCUT2D eigenvalue weighted by Crippen LogP contribution is -2.54. The number of nitrogens with one attached hydrogen (secondary N) is 1. The molecular formula is C15H30ClN3O. The van der Waals surface area contributed by atoms with Crippen molar-refractivity contribution in [2.75, 3.05) is 45.7 Å². The quantitative estimate of drug-likeness (QED) is 0.548. The second kappa shape index (κ2) is 9.59. The predicted molar refractivity (Wildman–Crippen MR) is 85.3 cm³/mol. The average Bonchev–Trinajstić information content (AvgIpc) is 2.41. The number of rotatable bonds is 8. The lowest BCUT2D eigenvalue weighted by molar-refractivity contribution is -0.121. The summed E-state index contributed by atoms with van der Waals surface area (Å²) in [7, 11) is 2.17. The fourth-order valence-corrected chi connectivity index (χ4v) is 2.82. The topological polar surface area (TPSA) is 35.6 Å². The molecule has 1 aliphatic heterocycles. The molecular weight excluding hydrogens is 274 g/mol. The van der Waals surface area contributed by atoms with Gasteiger partial charge in [0.2, 0.25) is 5.91 Å². The van der Waals surface area contributed by atoms with E-state index in [0.717, 1.165) is 45.6 Å². The summed E-state index contributed by atoms with van der Waals surface area (Å²) in [6.45, 7) is 9.68. The van der Waals surface area contributed by atoms with Crippen LogP contribution in [-0.4, -0.2) is 67.4 Å². The minimum atomic E-state index is 0.162. The third-order valence-electron chi connectivity index (χ3n) is 4.07. The van der Waals surface area contributed by atoms with Crippen molar-refractivity contribution in [3.63, 3.8) is 0 Å². The van der Waals surface area contributed by atoms with Crippen LogP contribution in [0.5, 0.6) is 0 Å². The first kappa shape index (κ1) is 17.7. The highest BCUT2D eigenvalue weighted by Gasteiger charge is 2.25. The van der Waals surface area contributed by atoms with Gasteiger partial charge in [-0.3, -0.25) is 9.69 Å². The van der Waals surface area contributed by atoms with Gasteiger partial charge in [-0.1, -0.05) is 13.8 Å². The number of hydrogen-bond donors (Lipinski definition) is 1. The second-order valence-corrected chi connectivity index (χ2v) is 6.48. The highest BCUT2D eigenvalue weighted by Crippen LogP contribution is 2.13. The SMILES string of the molecule is CC(C)C(CNC(=O)CCCCCl)N1CCN(C)CC1. The van der Waals surface area contributed by atoms with Crippen molar-refractivity contribution in [2.45, 2.75) is 39.2 Å². The van der Waals surface area contributed by atoms with Gasteiger partial charge in [0.05, 0.1) is 0 Å². The third-order valence-corrected chi connectivity index (χ3v) is 4.34. The second-order valence-electron chi connectivity index (χ2n) is 6.10. The molecule has 1 heterocycles. The Morgan fingerprint density at radius 3 is 2.40 bits per heavy atom. The molecule has 1 amide bonds. The van der Waals surface area contributed by atoms with Gasteiger partial charge in [-0.25, -0.2) is 0 Å². The Hall–Kier alpha value is -0.320. The number of piperazine rings is 1. The van der Waals surface area contributed by atoms with Crippen LogP contribution in [0.1, 0.15) is 33.1 Å². The zero-order valence-corrected chi connectivity index (χ0v) is 14.0. The summed E-state index contributed by atoms with van der Waals surface area (Å²) in [6, 6.07) is 0.445. The molecule has 1 N–H and O–H groups in total. The fourth-order valence-electron chi connectivity index (χ4n) is 2.63. The molecule has 0 aromatic carbocycles. The molecule has 0 bridgehead atoms. The van der Waals surface area contributed by atoms with Gasteiger partial charge in [0, 0.05) is 51.1 Å². The number of unbranched alkanes of at least 4 members (excludes halogenated alkanes) is 1. The summed E-state index contributed by atoms with van der Waals surface area (Å²) in [5, 5.41) is 3.09. The van der Waals surface area contributed by atoms with Crippen LogP contribution in [-0.2, 0) is 4.79 Å².